The number of hydrogen-bond acceptors (Lipinski definition) is 3. The third-order valence-electron chi connectivity index (χ3n) is 4.27. The molecule has 0 saturated carbocycles. The zero-order valence-electron chi connectivity index (χ0n) is 13.8. The number of aliphatic imine (C=N–C) groups is 1. The van der Waals surface area contributed by atoms with Gasteiger partial charge in [-0.3, -0.25) is 0 Å². The van der Waals surface area contributed by atoms with Gasteiger partial charge in [0.1, 0.15) is 5.75 Å². The summed E-state index contributed by atoms with van der Waals surface area (Å²) in [5, 5.41) is 12.0. The van der Waals surface area contributed by atoms with Crippen LogP contribution in [0.2, 0.25) is 0 Å². The fourth-order valence-electron chi connectivity index (χ4n) is 2.94. The molecule has 1 unspecified atom stereocenters. The third kappa shape index (κ3) is 4.63. The molecular formula is C22H19NOS. The molecule has 1 N–H and O–H groups in total. The topological polar surface area (TPSA) is 32.6 Å². The summed E-state index contributed by atoms with van der Waals surface area (Å²) in [5.41, 5.74) is 4.85. The minimum atomic E-state index is 0.0989. The fraction of sp³-hybridized carbons (Fsp3) is 0.136. The highest BCUT2D eigenvalue weighted by atomic mass is 32.1. The minimum Gasteiger partial charge on any atom is -0.508 e. The van der Waals surface area contributed by atoms with Gasteiger partial charge in [-0.25, -0.2) is 4.99 Å². The van der Waals surface area contributed by atoms with Crippen LogP contribution < -0.4 is 0 Å². The van der Waals surface area contributed by atoms with Crippen molar-refractivity contribution < 1.29 is 5.11 Å². The van der Waals surface area contributed by atoms with Crippen LogP contribution in [0, 0.1) is 0 Å². The Labute approximate surface area is 153 Å². The van der Waals surface area contributed by atoms with Crippen molar-refractivity contribution in [3.63, 3.8) is 0 Å². The fourth-order valence-corrected chi connectivity index (χ4v) is 3.01. The van der Waals surface area contributed by atoms with E-state index in [9.17, 15) is 5.11 Å². The van der Waals surface area contributed by atoms with Crippen molar-refractivity contribution in [2.75, 3.05) is 6.54 Å². The van der Waals surface area contributed by atoms with Crippen molar-refractivity contribution in [1.29, 1.82) is 0 Å². The molecule has 0 radical (unpaired) electrons. The summed E-state index contributed by atoms with van der Waals surface area (Å²) >= 11 is 4.73. The van der Waals surface area contributed by atoms with E-state index in [1.165, 1.54) is 16.7 Å². The third-order valence-corrected chi connectivity index (χ3v) is 4.40. The molecule has 124 valence electrons. The lowest BCUT2D eigenvalue weighted by atomic mass is 9.90. The largest absolute Gasteiger partial charge is 0.508 e. The molecule has 0 aliphatic rings. The number of aromatic hydroxyl groups is 1. The lowest BCUT2D eigenvalue weighted by Crippen LogP contribution is -2.05. The number of isothiocyanates is 1. The van der Waals surface area contributed by atoms with Crippen LogP contribution in [0.4, 0.5) is 0 Å². The molecule has 0 fully saturated rings. The SMILES string of the molecule is Oc1ccc(C(CN=C=S)c2ccc(Cc3ccccc3)cc2)cc1. The second-order valence-corrected chi connectivity index (χ2v) is 6.16. The molecule has 1 atom stereocenters. The summed E-state index contributed by atoms with van der Waals surface area (Å²) in [7, 11) is 0. The van der Waals surface area contributed by atoms with Gasteiger partial charge in [-0.15, -0.1) is 0 Å². The monoisotopic (exact) mass is 345 g/mol. The van der Waals surface area contributed by atoms with Crippen LogP contribution in [0.3, 0.4) is 0 Å². The Morgan fingerprint density at radius 2 is 1.36 bits per heavy atom. The average Bonchev–Trinajstić information content (AvgIpc) is 2.65. The van der Waals surface area contributed by atoms with Crippen LogP contribution in [0.1, 0.15) is 28.2 Å². The molecule has 3 rings (SSSR count). The van der Waals surface area contributed by atoms with Gasteiger partial charge in [-0.2, -0.15) is 0 Å². The van der Waals surface area contributed by atoms with Gasteiger partial charge in [-0.1, -0.05) is 66.7 Å². The Hall–Kier alpha value is -2.74. The summed E-state index contributed by atoms with van der Waals surface area (Å²) in [4.78, 5) is 4.14. The van der Waals surface area contributed by atoms with Gasteiger partial charge in [0.05, 0.1) is 11.7 Å². The Morgan fingerprint density at radius 1 is 0.800 bits per heavy atom. The molecule has 3 aromatic carbocycles. The van der Waals surface area contributed by atoms with E-state index in [0.717, 1.165) is 12.0 Å². The van der Waals surface area contributed by atoms with Gasteiger partial charge >= 0.3 is 0 Å². The van der Waals surface area contributed by atoms with Gasteiger partial charge in [0, 0.05) is 5.92 Å². The van der Waals surface area contributed by atoms with E-state index in [1.807, 2.05) is 18.2 Å². The Kier molecular flexibility index (Phi) is 5.73. The van der Waals surface area contributed by atoms with Crippen molar-refractivity contribution in [3.05, 3.63) is 101 Å². The normalized spacial score (nSPS) is 11.5. The van der Waals surface area contributed by atoms with E-state index >= 15 is 0 Å². The molecule has 0 aliphatic heterocycles. The first-order chi connectivity index (χ1) is 12.3. The van der Waals surface area contributed by atoms with Crippen LogP contribution in [-0.2, 0) is 6.42 Å². The molecule has 0 spiro atoms. The quantitative estimate of drug-likeness (QED) is 0.491. The van der Waals surface area contributed by atoms with E-state index in [-0.39, 0.29) is 11.7 Å². The summed E-state index contributed by atoms with van der Waals surface area (Å²) in [6.45, 7) is 0.548. The van der Waals surface area contributed by atoms with Gasteiger partial charge in [0.2, 0.25) is 0 Å². The maximum Gasteiger partial charge on any atom is 0.115 e. The van der Waals surface area contributed by atoms with E-state index in [0.29, 0.717) is 6.54 Å². The number of hydrogen-bond donors (Lipinski definition) is 1. The van der Waals surface area contributed by atoms with Crippen molar-refractivity contribution in [1.82, 2.24) is 0 Å². The van der Waals surface area contributed by atoms with Gasteiger partial charge in [0.15, 0.2) is 0 Å². The molecule has 0 amide bonds. The van der Waals surface area contributed by atoms with Crippen LogP contribution in [0.5, 0.6) is 5.75 Å². The first kappa shape index (κ1) is 17.1. The molecular weight excluding hydrogens is 326 g/mol. The summed E-state index contributed by atoms with van der Waals surface area (Å²) < 4.78 is 0. The summed E-state index contributed by atoms with van der Waals surface area (Å²) in [5.74, 6) is 0.362. The zero-order valence-corrected chi connectivity index (χ0v) is 14.6. The van der Waals surface area contributed by atoms with Crippen molar-refractivity contribution >= 4 is 17.4 Å². The molecule has 3 aromatic rings. The molecule has 2 nitrogen and oxygen atoms in total. The van der Waals surface area contributed by atoms with Crippen molar-refractivity contribution in [2.45, 2.75) is 12.3 Å². The van der Waals surface area contributed by atoms with Crippen LogP contribution in [0.25, 0.3) is 0 Å². The highest BCUT2D eigenvalue weighted by Crippen LogP contribution is 2.27. The molecule has 0 aliphatic carbocycles. The first-order valence-corrected chi connectivity index (χ1v) is 8.62. The van der Waals surface area contributed by atoms with Crippen molar-refractivity contribution in [2.24, 2.45) is 4.99 Å². The number of phenolic OH excluding ortho intramolecular Hbond substituents is 1. The van der Waals surface area contributed by atoms with Crippen LogP contribution in [0.15, 0.2) is 83.9 Å². The zero-order chi connectivity index (χ0) is 17.5. The average molecular weight is 345 g/mol. The lowest BCUT2D eigenvalue weighted by molar-refractivity contribution is 0.475. The molecule has 0 aromatic heterocycles. The first-order valence-electron chi connectivity index (χ1n) is 8.21. The number of thiocarbonyl (C=S) groups is 1. The number of rotatable bonds is 6. The van der Waals surface area contributed by atoms with E-state index in [2.05, 4.69) is 58.7 Å². The minimum absolute atomic E-state index is 0.0989. The smallest absolute Gasteiger partial charge is 0.115 e. The second-order valence-electron chi connectivity index (χ2n) is 5.98. The van der Waals surface area contributed by atoms with Crippen LogP contribution >= 0.6 is 12.2 Å². The van der Waals surface area contributed by atoms with E-state index in [4.69, 9.17) is 12.2 Å². The Bertz CT molecular complexity index is 851. The van der Waals surface area contributed by atoms with Crippen molar-refractivity contribution in [3.8, 4) is 5.75 Å². The molecule has 0 heterocycles. The van der Waals surface area contributed by atoms with E-state index in [1.54, 1.807) is 12.1 Å². The maximum atomic E-state index is 9.51. The lowest BCUT2D eigenvalue weighted by Gasteiger charge is -2.16. The van der Waals surface area contributed by atoms with E-state index < -0.39 is 0 Å². The number of phenols is 1. The maximum absolute atomic E-state index is 9.51. The highest BCUT2D eigenvalue weighted by molar-refractivity contribution is 7.78. The van der Waals surface area contributed by atoms with Gasteiger partial charge in [-0.05, 0) is 53.0 Å². The predicted octanol–water partition coefficient (Wildman–Crippen LogP) is 5.22. The Balaban J connectivity index is 1.83. The van der Waals surface area contributed by atoms with Gasteiger partial charge < -0.3 is 5.11 Å². The standard InChI is InChI=1S/C22H19NOS/c24-21-12-10-20(11-13-21)22(15-23-16-25)19-8-6-18(7-9-19)14-17-4-2-1-3-5-17/h1-13,22,24H,14-15H2. The number of benzene rings is 3. The molecule has 25 heavy (non-hydrogen) atoms. The molecule has 3 heteroatoms. The molecule has 0 bridgehead atoms. The molecule has 0 saturated heterocycles. The summed E-state index contributed by atoms with van der Waals surface area (Å²) in [6, 6.07) is 26.3. The van der Waals surface area contributed by atoms with Crippen LogP contribution in [-0.4, -0.2) is 16.8 Å². The summed E-state index contributed by atoms with van der Waals surface area (Å²) in [6.07, 6.45) is 0.920. The number of nitrogens with zero attached hydrogens (tertiary/aromatic N) is 1. The second kappa shape index (κ2) is 8.39. The van der Waals surface area contributed by atoms with Gasteiger partial charge in [0.25, 0.3) is 0 Å². The Morgan fingerprint density at radius 3 is 1.96 bits per heavy atom. The highest BCUT2D eigenvalue weighted by Gasteiger charge is 2.14. The predicted molar refractivity (Wildman–Crippen MR) is 106 cm³/mol.